The minimum atomic E-state index is -1.09. The molecule has 7 heteroatoms. The molecule has 2 aliphatic heterocycles. The first-order valence-corrected chi connectivity index (χ1v) is 8.11. The van der Waals surface area contributed by atoms with Gasteiger partial charge >= 0.3 is 0 Å². The molecule has 6 nitrogen and oxygen atoms in total. The molecule has 1 saturated carbocycles. The van der Waals surface area contributed by atoms with E-state index in [4.69, 9.17) is 4.74 Å². The van der Waals surface area contributed by atoms with Crippen molar-refractivity contribution in [1.29, 1.82) is 0 Å². The standard InChI is InChI=1S/C13H22N2O4S/c1-6(16)11-10(18)9(17)8-12(19-11)20-13(15-8)14-5-4-7-2-3-7/h6-12,16-18H,2-5H2,1H3,(H,14,15)/t6?,8-,9-,10+,11-,12-/m1/s1. The molecule has 20 heavy (non-hydrogen) atoms. The lowest BCUT2D eigenvalue weighted by molar-refractivity contribution is -0.184. The van der Waals surface area contributed by atoms with Crippen molar-refractivity contribution in [2.24, 2.45) is 10.9 Å². The van der Waals surface area contributed by atoms with Gasteiger partial charge in [-0.3, -0.25) is 4.99 Å². The molecule has 1 unspecified atom stereocenters. The molecule has 0 aromatic rings. The predicted octanol–water partition coefficient (Wildman–Crippen LogP) is -0.325. The topological polar surface area (TPSA) is 94.3 Å². The first kappa shape index (κ1) is 14.6. The van der Waals surface area contributed by atoms with Crippen molar-refractivity contribution in [3.63, 3.8) is 0 Å². The van der Waals surface area contributed by atoms with E-state index in [1.54, 1.807) is 6.92 Å². The van der Waals surface area contributed by atoms with Crippen LogP contribution in [0.3, 0.4) is 0 Å². The summed E-state index contributed by atoms with van der Waals surface area (Å²) >= 11 is 1.43. The van der Waals surface area contributed by atoms with Crippen LogP contribution in [0.4, 0.5) is 0 Å². The zero-order chi connectivity index (χ0) is 14.3. The van der Waals surface area contributed by atoms with Gasteiger partial charge in [0.1, 0.15) is 23.7 Å². The first-order chi connectivity index (χ1) is 9.56. The molecule has 0 amide bonds. The highest BCUT2D eigenvalue weighted by molar-refractivity contribution is 8.14. The Morgan fingerprint density at radius 1 is 1.40 bits per heavy atom. The van der Waals surface area contributed by atoms with Crippen LogP contribution in [0, 0.1) is 5.92 Å². The van der Waals surface area contributed by atoms with E-state index >= 15 is 0 Å². The lowest BCUT2D eigenvalue weighted by atomic mass is 9.95. The lowest BCUT2D eigenvalue weighted by Crippen LogP contribution is -2.61. The number of aliphatic hydroxyl groups excluding tert-OH is 3. The van der Waals surface area contributed by atoms with Crippen molar-refractivity contribution in [3.8, 4) is 0 Å². The smallest absolute Gasteiger partial charge is 0.159 e. The van der Waals surface area contributed by atoms with E-state index in [1.807, 2.05) is 0 Å². The quantitative estimate of drug-likeness (QED) is 0.568. The zero-order valence-corrected chi connectivity index (χ0v) is 12.3. The fraction of sp³-hybridized carbons (Fsp3) is 0.923. The Morgan fingerprint density at radius 2 is 2.15 bits per heavy atom. The van der Waals surface area contributed by atoms with Crippen molar-refractivity contribution >= 4 is 16.9 Å². The summed E-state index contributed by atoms with van der Waals surface area (Å²) in [5.74, 6) is 0.844. The Balaban J connectivity index is 1.61. The number of aliphatic hydroxyl groups is 3. The molecule has 3 aliphatic rings. The van der Waals surface area contributed by atoms with Crippen LogP contribution >= 0.6 is 11.8 Å². The van der Waals surface area contributed by atoms with E-state index in [0.717, 1.165) is 24.1 Å². The summed E-state index contributed by atoms with van der Waals surface area (Å²) in [6, 6.07) is -0.371. The fourth-order valence-electron chi connectivity index (χ4n) is 2.67. The summed E-state index contributed by atoms with van der Waals surface area (Å²) < 4.78 is 5.68. The Hall–Kier alpha value is -0.340. The van der Waals surface area contributed by atoms with Gasteiger partial charge in [0.05, 0.1) is 12.1 Å². The molecule has 114 valence electrons. The molecule has 0 spiro atoms. The number of nitrogens with one attached hydrogen (secondary N) is 1. The second-order valence-electron chi connectivity index (χ2n) is 5.90. The summed E-state index contributed by atoms with van der Waals surface area (Å²) in [5, 5.41) is 33.6. The minimum Gasteiger partial charge on any atom is -0.391 e. The third-order valence-corrected chi connectivity index (χ3v) is 5.23. The maximum absolute atomic E-state index is 10.1. The fourth-order valence-corrected chi connectivity index (χ4v) is 3.82. The van der Waals surface area contributed by atoms with Crippen LogP contribution in [0.5, 0.6) is 0 Å². The number of aliphatic imine (C=N–C) groups is 1. The van der Waals surface area contributed by atoms with E-state index in [9.17, 15) is 15.3 Å². The molecule has 3 fully saturated rings. The number of fused-ring (bicyclic) bond motifs is 1. The number of thioether (sulfide) groups is 1. The minimum absolute atomic E-state index is 0.312. The molecule has 4 N–H and O–H groups in total. The molecular formula is C13H22N2O4S. The number of amidine groups is 1. The SMILES string of the molecule is CC(O)[C@H]1O[C@@H]2SC(=NCCC3CC3)N[C@@H]2[C@@H](O)[C@@H]1O. The number of ether oxygens (including phenoxy) is 1. The third-order valence-electron chi connectivity index (χ3n) is 4.12. The van der Waals surface area contributed by atoms with Crippen LogP contribution in [-0.4, -0.2) is 62.9 Å². The van der Waals surface area contributed by atoms with Crippen LogP contribution in [0.2, 0.25) is 0 Å². The molecular weight excluding hydrogens is 280 g/mol. The van der Waals surface area contributed by atoms with Gasteiger partial charge in [0.25, 0.3) is 0 Å². The molecule has 0 aromatic carbocycles. The van der Waals surface area contributed by atoms with E-state index in [-0.39, 0.29) is 11.5 Å². The van der Waals surface area contributed by atoms with Crippen LogP contribution in [0.25, 0.3) is 0 Å². The van der Waals surface area contributed by atoms with Crippen LogP contribution < -0.4 is 5.32 Å². The first-order valence-electron chi connectivity index (χ1n) is 7.23. The van der Waals surface area contributed by atoms with E-state index in [0.29, 0.717) is 0 Å². The van der Waals surface area contributed by atoms with Crippen LogP contribution in [0.1, 0.15) is 26.2 Å². The summed E-state index contributed by atoms with van der Waals surface area (Å²) in [6.45, 7) is 2.34. The Kier molecular flexibility index (Phi) is 4.24. The summed E-state index contributed by atoms with van der Waals surface area (Å²) in [7, 11) is 0. The van der Waals surface area contributed by atoms with Crippen molar-refractivity contribution in [3.05, 3.63) is 0 Å². The van der Waals surface area contributed by atoms with E-state index in [1.165, 1.54) is 24.6 Å². The highest BCUT2D eigenvalue weighted by Gasteiger charge is 2.50. The second-order valence-corrected chi connectivity index (χ2v) is 6.98. The predicted molar refractivity (Wildman–Crippen MR) is 76.5 cm³/mol. The number of nitrogens with zero attached hydrogens (tertiary/aromatic N) is 1. The van der Waals surface area contributed by atoms with Crippen molar-refractivity contribution < 1.29 is 20.1 Å². The molecule has 2 saturated heterocycles. The van der Waals surface area contributed by atoms with Gasteiger partial charge in [-0.2, -0.15) is 0 Å². The molecule has 3 rings (SSSR count). The van der Waals surface area contributed by atoms with Crippen LogP contribution in [0.15, 0.2) is 4.99 Å². The summed E-state index contributed by atoms with van der Waals surface area (Å²) in [4.78, 5) is 4.49. The normalized spacial score (nSPS) is 44.2. The molecule has 6 atom stereocenters. The molecule has 0 radical (unpaired) electrons. The molecule has 2 heterocycles. The Bertz CT molecular complexity index is 389. The average Bonchev–Trinajstić information content (AvgIpc) is 3.12. The van der Waals surface area contributed by atoms with Gasteiger partial charge in [0.2, 0.25) is 0 Å². The van der Waals surface area contributed by atoms with Gasteiger partial charge in [-0.25, -0.2) is 0 Å². The van der Waals surface area contributed by atoms with Gasteiger partial charge in [-0.15, -0.1) is 0 Å². The Morgan fingerprint density at radius 3 is 2.80 bits per heavy atom. The maximum atomic E-state index is 10.1. The number of rotatable bonds is 4. The van der Waals surface area contributed by atoms with E-state index in [2.05, 4.69) is 10.3 Å². The number of hydrogen-bond acceptors (Lipinski definition) is 6. The van der Waals surface area contributed by atoms with Gasteiger partial charge in [-0.1, -0.05) is 24.6 Å². The largest absolute Gasteiger partial charge is 0.391 e. The van der Waals surface area contributed by atoms with Gasteiger partial charge in [0.15, 0.2) is 5.17 Å². The van der Waals surface area contributed by atoms with Crippen molar-refractivity contribution in [2.45, 2.75) is 62.1 Å². The maximum Gasteiger partial charge on any atom is 0.159 e. The van der Waals surface area contributed by atoms with Crippen molar-refractivity contribution in [2.75, 3.05) is 6.54 Å². The Labute approximate surface area is 122 Å². The van der Waals surface area contributed by atoms with E-state index < -0.39 is 24.4 Å². The lowest BCUT2D eigenvalue weighted by Gasteiger charge is -2.40. The summed E-state index contributed by atoms with van der Waals surface area (Å²) in [6.07, 6.45) is 0.126. The van der Waals surface area contributed by atoms with Gasteiger partial charge in [-0.05, 0) is 19.3 Å². The third kappa shape index (κ3) is 2.96. The average molecular weight is 302 g/mol. The van der Waals surface area contributed by atoms with Crippen molar-refractivity contribution in [1.82, 2.24) is 5.32 Å². The zero-order valence-electron chi connectivity index (χ0n) is 11.5. The summed E-state index contributed by atoms with van der Waals surface area (Å²) in [5.41, 5.74) is -0.312. The highest BCUT2D eigenvalue weighted by atomic mass is 32.2. The molecule has 1 aliphatic carbocycles. The van der Waals surface area contributed by atoms with Crippen LogP contribution in [-0.2, 0) is 4.74 Å². The number of hydrogen-bond donors (Lipinski definition) is 4. The second kappa shape index (κ2) is 5.81. The molecule has 0 aromatic heterocycles. The van der Waals surface area contributed by atoms with Gasteiger partial charge in [0, 0.05) is 6.54 Å². The molecule has 0 bridgehead atoms. The van der Waals surface area contributed by atoms with Gasteiger partial charge < -0.3 is 25.4 Å². The monoisotopic (exact) mass is 302 g/mol. The highest BCUT2D eigenvalue weighted by Crippen LogP contribution is 2.35.